The molecule has 1 unspecified atom stereocenters. The molecule has 1 aliphatic rings. The molecule has 2 aromatic carbocycles. The molecular formula is C18H16F3NOS2. The van der Waals surface area contributed by atoms with Crippen molar-refractivity contribution in [2.45, 2.75) is 16.4 Å². The Kier molecular flexibility index (Phi) is 5.64. The summed E-state index contributed by atoms with van der Waals surface area (Å²) < 4.78 is 38.1. The van der Waals surface area contributed by atoms with E-state index >= 15 is 0 Å². The number of benzene rings is 2. The first-order valence-corrected chi connectivity index (χ1v) is 9.74. The maximum absolute atomic E-state index is 12.7. The van der Waals surface area contributed by atoms with Gasteiger partial charge in [0.25, 0.3) is 0 Å². The Balaban J connectivity index is 1.66. The molecule has 0 aliphatic carbocycles. The van der Waals surface area contributed by atoms with Crippen LogP contribution in [0.15, 0.2) is 59.5 Å². The van der Waals surface area contributed by atoms with Crippen LogP contribution >= 0.6 is 23.5 Å². The zero-order valence-corrected chi connectivity index (χ0v) is 14.8. The van der Waals surface area contributed by atoms with Crippen LogP contribution in [-0.2, 0) is 11.0 Å². The Morgan fingerprint density at radius 3 is 2.44 bits per heavy atom. The average Bonchev–Trinajstić information content (AvgIpc) is 3.10. The van der Waals surface area contributed by atoms with Crippen LogP contribution in [0.5, 0.6) is 0 Å². The maximum atomic E-state index is 12.7. The van der Waals surface area contributed by atoms with E-state index in [2.05, 4.69) is 0 Å². The minimum Gasteiger partial charge on any atom is -0.325 e. The van der Waals surface area contributed by atoms with E-state index < -0.39 is 11.7 Å². The second kappa shape index (κ2) is 7.74. The number of amides is 1. The van der Waals surface area contributed by atoms with Gasteiger partial charge in [-0.3, -0.25) is 4.79 Å². The topological polar surface area (TPSA) is 20.3 Å². The Bertz CT molecular complexity index is 719. The summed E-state index contributed by atoms with van der Waals surface area (Å²) in [6.45, 7) is 0.616. The van der Waals surface area contributed by atoms with Crippen molar-refractivity contribution in [2.24, 2.45) is 0 Å². The summed E-state index contributed by atoms with van der Waals surface area (Å²) in [4.78, 5) is 15.3. The highest BCUT2D eigenvalue weighted by molar-refractivity contribution is 8.00. The first-order valence-electron chi connectivity index (χ1n) is 7.71. The Hall–Kier alpha value is -1.60. The number of halogens is 3. The molecule has 1 saturated heterocycles. The molecule has 1 heterocycles. The molecule has 0 spiro atoms. The number of nitrogens with zero attached hydrogens (tertiary/aromatic N) is 1. The lowest BCUT2D eigenvalue weighted by molar-refractivity contribution is -0.137. The number of alkyl halides is 3. The Morgan fingerprint density at radius 1 is 1.12 bits per heavy atom. The summed E-state index contributed by atoms with van der Waals surface area (Å²) in [5, 5.41) is -0.217. The molecule has 3 rings (SSSR count). The average molecular weight is 383 g/mol. The Morgan fingerprint density at radius 2 is 1.80 bits per heavy atom. The molecule has 1 amide bonds. The van der Waals surface area contributed by atoms with Crippen LogP contribution in [0.25, 0.3) is 0 Å². The molecule has 0 N–H and O–H groups in total. The van der Waals surface area contributed by atoms with Crippen molar-refractivity contribution in [2.75, 3.05) is 18.1 Å². The van der Waals surface area contributed by atoms with Gasteiger partial charge in [0.1, 0.15) is 5.37 Å². The van der Waals surface area contributed by atoms with Crippen molar-refractivity contribution in [1.82, 2.24) is 4.90 Å². The zero-order valence-electron chi connectivity index (χ0n) is 13.2. The third-order valence-corrected chi connectivity index (χ3v) is 6.10. The molecular weight excluding hydrogens is 367 g/mol. The van der Waals surface area contributed by atoms with E-state index in [1.54, 1.807) is 16.7 Å². The first-order chi connectivity index (χ1) is 11.9. The molecule has 25 heavy (non-hydrogen) atoms. The van der Waals surface area contributed by atoms with E-state index in [0.29, 0.717) is 12.3 Å². The van der Waals surface area contributed by atoms with E-state index in [0.717, 1.165) is 28.3 Å². The van der Waals surface area contributed by atoms with Gasteiger partial charge in [-0.1, -0.05) is 30.3 Å². The fourth-order valence-corrected chi connectivity index (χ4v) is 4.67. The Labute approximate surface area is 152 Å². The lowest BCUT2D eigenvalue weighted by Crippen LogP contribution is -2.31. The summed E-state index contributed by atoms with van der Waals surface area (Å²) >= 11 is 3.05. The third-order valence-electron chi connectivity index (χ3n) is 3.84. The SMILES string of the molecule is O=C(CSc1ccccc1)N1CCSC1c1ccc(C(F)(F)F)cc1. The van der Waals surface area contributed by atoms with Gasteiger partial charge < -0.3 is 4.90 Å². The molecule has 0 saturated carbocycles. The molecule has 1 atom stereocenters. The van der Waals surface area contributed by atoms with Gasteiger partial charge in [-0.15, -0.1) is 23.5 Å². The fourth-order valence-electron chi connectivity index (χ4n) is 2.58. The molecule has 7 heteroatoms. The van der Waals surface area contributed by atoms with Crippen LogP contribution in [0.4, 0.5) is 13.2 Å². The molecule has 0 radical (unpaired) electrons. The minimum atomic E-state index is -4.34. The number of carbonyl (C=O) groups excluding carboxylic acids is 1. The number of carbonyl (C=O) groups is 1. The summed E-state index contributed by atoms with van der Waals surface area (Å²) in [7, 11) is 0. The second-order valence-corrected chi connectivity index (χ2v) is 7.77. The second-order valence-electron chi connectivity index (χ2n) is 5.53. The number of rotatable bonds is 4. The number of hydrogen-bond acceptors (Lipinski definition) is 3. The fraction of sp³-hybridized carbons (Fsp3) is 0.278. The largest absolute Gasteiger partial charge is 0.416 e. The van der Waals surface area contributed by atoms with Crippen molar-refractivity contribution < 1.29 is 18.0 Å². The summed E-state index contributed by atoms with van der Waals surface area (Å²) in [6, 6.07) is 14.8. The van der Waals surface area contributed by atoms with Gasteiger partial charge in [0, 0.05) is 17.2 Å². The van der Waals surface area contributed by atoms with E-state index in [-0.39, 0.29) is 11.3 Å². The molecule has 1 aliphatic heterocycles. The monoisotopic (exact) mass is 383 g/mol. The molecule has 1 fully saturated rings. The molecule has 2 nitrogen and oxygen atoms in total. The quantitative estimate of drug-likeness (QED) is 0.688. The van der Waals surface area contributed by atoms with Crippen molar-refractivity contribution in [3.8, 4) is 0 Å². The molecule has 2 aromatic rings. The molecule has 0 bridgehead atoms. The number of hydrogen-bond donors (Lipinski definition) is 0. The predicted molar refractivity (Wildman–Crippen MR) is 95.5 cm³/mol. The van der Waals surface area contributed by atoms with Gasteiger partial charge in [-0.2, -0.15) is 13.2 Å². The maximum Gasteiger partial charge on any atom is 0.416 e. The highest BCUT2D eigenvalue weighted by atomic mass is 32.2. The van der Waals surface area contributed by atoms with E-state index in [9.17, 15) is 18.0 Å². The summed E-state index contributed by atoms with van der Waals surface area (Å²) in [5.41, 5.74) is 0.0605. The van der Waals surface area contributed by atoms with Gasteiger partial charge in [0.2, 0.25) is 5.91 Å². The van der Waals surface area contributed by atoms with Crippen molar-refractivity contribution in [3.05, 3.63) is 65.7 Å². The van der Waals surface area contributed by atoms with Crippen LogP contribution in [-0.4, -0.2) is 28.9 Å². The van der Waals surface area contributed by atoms with Crippen LogP contribution in [0.1, 0.15) is 16.5 Å². The van der Waals surface area contributed by atoms with Crippen LogP contribution < -0.4 is 0 Å². The van der Waals surface area contributed by atoms with Crippen molar-refractivity contribution >= 4 is 29.4 Å². The highest BCUT2D eigenvalue weighted by Crippen LogP contribution is 2.39. The number of thioether (sulfide) groups is 2. The van der Waals surface area contributed by atoms with Crippen LogP contribution in [0, 0.1) is 0 Å². The zero-order chi connectivity index (χ0) is 17.9. The minimum absolute atomic E-state index is 0.00347. The van der Waals surface area contributed by atoms with E-state index in [1.165, 1.54) is 23.9 Å². The van der Waals surface area contributed by atoms with E-state index in [1.807, 2.05) is 30.3 Å². The van der Waals surface area contributed by atoms with Gasteiger partial charge in [0.05, 0.1) is 11.3 Å². The summed E-state index contributed by atoms with van der Waals surface area (Å²) in [6.07, 6.45) is -4.34. The van der Waals surface area contributed by atoms with Gasteiger partial charge in [0.15, 0.2) is 0 Å². The van der Waals surface area contributed by atoms with Crippen LogP contribution in [0.2, 0.25) is 0 Å². The van der Waals surface area contributed by atoms with Crippen LogP contribution in [0.3, 0.4) is 0 Å². The lowest BCUT2D eigenvalue weighted by atomic mass is 10.1. The van der Waals surface area contributed by atoms with Crippen molar-refractivity contribution in [3.63, 3.8) is 0 Å². The normalized spacial score (nSPS) is 17.7. The summed E-state index contributed by atoms with van der Waals surface area (Å²) in [5.74, 6) is 1.11. The molecule has 132 valence electrons. The first kappa shape index (κ1) is 18.2. The predicted octanol–water partition coefficient (Wildman–Crippen LogP) is 5.07. The standard InChI is InChI=1S/C18H16F3NOS2/c19-18(20,21)14-8-6-13(7-9-14)17-22(10-11-24-17)16(23)12-25-15-4-2-1-3-5-15/h1-9,17H,10-12H2. The van der Waals surface area contributed by atoms with E-state index in [4.69, 9.17) is 0 Å². The highest BCUT2D eigenvalue weighted by Gasteiger charge is 2.33. The molecule has 0 aromatic heterocycles. The third kappa shape index (κ3) is 4.52. The van der Waals surface area contributed by atoms with Gasteiger partial charge in [-0.05, 0) is 29.8 Å². The lowest BCUT2D eigenvalue weighted by Gasteiger charge is -2.24. The smallest absolute Gasteiger partial charge is 0.325 e. The van der Waals surface area contributed by atoms with Crippen molar-refractivity contribution in [1.29, 1.82) is 0 Å². The van der Waals surface area contributed by atoms with Gasteiger partial charge >= 0.3 is 6.18 Å². The van der Waals surface area contributed by atoms with Gasteiger partial charge in [-0.25, -0.2) is 0 Å².